The van der Waals surface area contributed by atoms with Crippen molar-refractivity contribution in [3.8, 4) is 0 Å². The number of aryl methyl sites for hydroxylation is 1. The first-order chi connectivity index (χ1) is 9.40. The number of hydrogen-bond acceptors (Lipinski definition) is 1. The maximum absolute atomic E-state index is 13.6. The van der Waals surface area contributed by atoms with Gasteiger partial charge < -0.3 is 5.32 Å². The van der Waals surface area contributed by atoms with Crippen LogP contribution in [-0.2, 0) is 0 Å². The molecule has 0 aromatic heterocycles. The van der Waals surface area contributed by atoms with Crippen LogP contribution in [0.1, 0.15) is 15.9 Å². The molecule has 0 aliphatic carbocycles. The number of hydrogen-bond donors (Lipinski definition) is 1. The molecule has 0 aliphatic heterocycles. The summed E-state index contributed by atoms with van der Waals surface area (Å²) in [4.78, 5) is 12.1. The summed E-state index contributed by atoms with van der Waals surface area (Å²) in [6.45, 7) is 1.88. The lowest BCUT2D eigenvalue weighted by molar-refractivity contribution is 0.102. The largest absolute Gasteiger partial charge is 0.319 e. The Morgan fingerprint density at radius 3 is 2.65 bits per heavy atom. The van der Waals surface area contributed by atoms with Gasteiger partial charge in [0.05, 0.1) is 15.7 Å². The summed E-state index contributed by atoms with van der Waals surface area (Å²) < 4.78 is 27.6. The van der Waals surface area contributed by atoms with Crippen LogP contribution in [0.25, 0.3) is 0 Å². The van der Waals surface area contributed by atoms with Gasteiger partial charge in [0.2, 0.25) is 0 Å². The highest BCUT2D eigenvalue weighted by Gasteiger charge is 2.15. The summed E-state index contributed by atoms with van der Waals surface area (Å²) in [6, 6.07) is 7.21. The number of nitrogens with one attached hydrogen (secondary N) is 1. The molecule has 0 atom stereocenters. The van der Waals surface area contributed by atoms with E-state index >= 15 is 0 Å². The zero-order chi connectivity index (χ0) is 14.9. The molecular formula is C14H9BrF2INO. The van der Waals surface area contributed by atoms with Crippen LogP contribution in [-0.4, -0.2) is 5.91 Å². The minimum atomic E-state index is -0.818. The van der Waals surface area contributed by atoms with Crippen LogP contribution in [0.3, 0.4) is 0 Å². The molecule has 0 radical (unpaired) electrons. The van der Waals surface area contributed by atoms with Crippen LogP contribution in [0.2, 0.25) is 0 Å². The molecule has 0 aliphatic rings. The summed E-state index contributed by atoms with van der Waals surface area (Å²) in [5.74, 6) is -1.97. The maximum atomic E-state index is 13.6. The number of carbonyl (C=O) groups excluding carboxylic acids is 1. The number of halogens is 4. The third-order valence-electron chi connectivity index (χ3n) is 2.69. The molecule has 2 aromatic rings. The zero-order valence-electron chi connectivity index (χ0n) is 10.3. The quantitative estimate of drug-likeness (QED) is 0.511. The minimum absolute atomic E-state index is 0.0689. The minimum Gasteiger partial charge on any atom is -0.319 e. The van der Waals surface area contributed by atoms with Gasteiger partial charge >= 0.3 is 0 Å². The Hall–Kier alpha value is -1.02. The molecular weight excluding hydrogens is 443 g/mol. The normalized spacial score (nSPS) is 10.4. The van der Waals surface area contributed by atoms with Crippen molar-refractivity contribution in [1.82, 2.24) is 0 Å². The van der Waals surface area contributed by atoms with Crippen LogP contribution >= 0.6 is 38.5 Å². The highest BCUT2D eigenvalue weighted by Crippen LogP contribution is 2.25. The van der Waals surface area contributed by atoms with E-state index in [1.165, 1.54) is 6.07 Å². The summed E-state index contributed by atoms with van der Waals surface area (Å²) in [5.41, 5.74) is 1.34. The highest BCUT2D eigenvalue weighted by atomic mass is 127. The second-order valence-electron chi connectivity index (χ2n) is 4.14. The number of amides is 1. The fourth-order valence-electron chi connectivity index (χ4n) is 1.63. The molecule has 20 heavy (non-hydrogen) atoms. The number of rotatable bonds is 2. The first-order valence-corrected chi connectivity index (χ1v) is 7.48. The fourth-order valence-corrected chi connectivity index (χ4v) is 2.58. The summed E-state index contributed by atoms with van der Waals surface area (Å²) in [6.07, 6.45) is 0. The molecule has 1 amide bonds. The number of anilines is 1. The van der Waals surface area contributed by atoms with Gasteiger partial charge in [-0.05, 0) is 63.1 Å². The Morgan fingerprint density at radius 2 is 1.95 bits per heavy atom. The van der Waals surface area contributed by atoms with Gasteiger partial charge in [-0.1, -0.05) is 12.1 Å². The van der Waals surface area contributed by atoms with Gasteiger partial charge in [-0.15, -0.1) is 0 Å². The predicted molar refractivity (Wildman–Crippen MR) is 85.9 cm³/mol. The van der Waals surface area contributed by atoms with Crippen LogP contribution in [0.4, 0.5) is 14.5 Å². The first-order valence-electron chi connectivity index (χ1n) is 5.61. The average Bonchev–Trinajstić information content (AvgIpc) is 2.39. The van der Waals surface area contributed by atoms with E-state index in [1.807, 2.05) is 13.0 Å². The topological polar surface area (TPSA) is 29.1 Å². The number of benzene rings is 2. The molecule has 0 saturated carbocycles. The Morgan fingerprint density at radius 1 is 1.25 bits per heavy atom. The van der Waals surface area contributed by atoms with Gasteiger partial charge in [-0.3, -0.25) is 4.79 Å². The average molecular weight is 452 g/mol. The summed E-state index contributed by atoms with van der Waals surface area (Å²) in [5, 5.41) is 2.45. The maximum Gasteiger partial charge on any atom is 0.256 e. The number of carbonyl (C=O) groups is 1. The van der Waals surface area contributed by atoms with E-state index in [2.05, 4.69) is 43.8 Å². The Labute approximate surface area is 136 Å². The van der Waals surface area contributed by atoms with Crippen molar-refractivity contribution in [2.24, 2.45) is 0 Å². The third kappa shape index (κ3) is 3.17. The Balaban J connectivity index is 2.33. The predicted octanol–water partition coefficient (Wildman–Crippen LogP) is 4.89. The SMILES string of the molecule is Cc1cccc(C(=O)Nc2cc(Br)c(F)cc2F)c1I. The highest BCUT2D eigenvalue weighted by molar-refractivity contribution is 14.1. The second-order valence-corrected chi connectivity index (χ2v) is 6.07. The van der Waals surface area contributed by atoms with E-state index in [4.69, 9.17) is 0 Å². The van der Waals surface area contributed by atoms with Crippen molar-refractivity contribution in [3.05, 3.63) is 61.1 Å². The van der Waals surface area contributed by atoms with E-state index in [1.54, 1.807) is 12.1 Å². The van der Waals surface area contributed by atoms with Crippen molar-refractivity contribution < 1.29 is 13.6 Å². The molecule has 2 nitrogen and oxygen atoms in total. The lowest BCUT2D eigenvalue weighted by Crippen LogP contribution is -2.15. The van der Waals surface area contributed by atoms with Gasteiger partial charge in [-0.25, -0.2) is 8.78 Å². The van der Waals surface area contributed by atoms with Gasteiger partial charge in [-0.2, -0.15) is 0 Å². The Bertz CT molecular complexity index is 691. The van der Waals surface area contributed by atoms with Crippen molar-refractivity contribution in [3.63, 3.8) is 0 Å². The van der Waals surface area contributed by atoms with Crippen molar-refractivity contribution in [2.75, 3.05) is 5.32 Å². The zero-order valence-corrected chi connectivity index (χ0v) is 14.1. The van der Waals surface area contributed by atoms with E-state index in [-0.39, 0.29) is 10.2 Å². The molecule has 0 spiro atoms. The monoisotopic (exact) mass is 451 g/mol. The van der Waals surface area contributed by atoms with E-state index in [9.17, 15) is 13.6 Å². The van der Waals surface area contributed by atoms with Gasteiger partial charge in [0.1, 0.15) is 11.6 Å². The molecule has 0 fully saturated rings. The third-order valence-corrected chi connectivity index (χ3v) is 4.73. The van der Waals surface area contributed by atoms with Crippen molar-refractivity contribution >= 4 is 50.1 Å². The molecule has 0 saturated heterocycles. The molecule has 0 heterocycles. The van der Waals surface area contributed by atoms with E-state index in [0.717, 1.165) is 15.2 Å². The molecule has 0 bridgehead atoms. The molecule has 2 rings (SSSR count). The summed E-state index contributed by atoms with van der Waals surface area (Å²) >= 11 is 5.02. The first kappa shape index (κ1) is 15.4. The lowest BCUT2D eigenvalue weighted by Gasteiger charge is -2.10. The van der Waals surface area contributed by atoms with Gasteiger partial charge in [0.25, 0.3) is 5.91 Å². The summed E-state index contributed by atoms with van der Waals surface area (Å²) in [7, 11) is 0. The van der Waals surface area contributed by atoms with Crippen molar-refractivity contribution in [2.45, 2.75) is 6.92 Å². The molecule has 2 aromatic carbocycles. The van der Waals surface area contributed by atoms with Gasteiger partial charge in [0.15, 0.2) is 0 Å². The second kappa shape index (κ2) is 6.17. The van der Waals surface area contributed by atoms with Crippen molar-refractivity contribution in [1.29, 1.82) is 0 Å². The fraction of sp³-hybridized carbons (Fsp3) is 0.0714. The molecule has 104 valence electrons. The molecule has 1 N–H and O–H groups in total. The molecule has 0 unspecified atom stereocenters. The Kier molecular flexibility index (Phi) is 4.74. The standard InChI is InChI=1S/C14H9BrF2INO/c1-7-3-2-4-8(13(7)18)14(20)19-12-5-9(15)10(16)6-11(12)17/h2-6H,1H3,(H,19,20). The smallest absolute Gasteiger partial charge is 0.256 e. The molecule has 6 heteroatoms. The van der Waals surface area contributed by atoms with E-state index in [0.29, 0.717) is 5.56 Å². The van der Waals surface area contributed by atoms with Crippen LogP contribution in [0.5, 0.6) is 0 Å². The lowest BCUT2D eigenvalue weighted by atomic mass is 10.1. The van der Waals surface area contributed by atoms with E-state index < -0.39 is 17.5 Å². The van der Waals surface area contributed by atoms with Gasteiger partial charge in [0, 0.05) is 9.64 Å². The van der Waals surface area contributed by atoms with Crippen LogP contribution in [0, 0.1) is 22.1 Å². The van der Waals surface area contributed by atoms with Crippen LogP contribution in [0.15, 0.2) is 34.8 Å². The van der Waals surface area contributed by atoms with Crippen LogP contribution < -0.4 is 5.32 Å².